The van der Waals surface area contributed by atoms with Crippen LogP contribution in [0.25, 0.3) is 11.0 Å². The van der Waals surface area contributed by atoms with Crippen LogP contribution in [0.5, 0.6) is 0 Å². The molecule has 0 aliphatic carbocycles. The molecule has 1 amide bonds. The molecule has 1 aliphatic heterocycles. The summed E-state index contributed by atoms with van der Waals surface area (Å²) in [6.45, 7) is 6.71. The number of aliphatic hydroxyl groups excluding tert-OH is 1. The predicted molar refractivity (Wildman–Crippen MR) is 98.7 cm³/mol. The summed E-state index contributed by atoms with van der Waals surface area (Å²) in [4.78, 5) is 14.6. The molecule has 2 N–H and O–H groups in total. The molecule has 1 fully saturated rings. The summed E-state index contributed by atoms with van der Waals surface area (Å²) in [7, 11) is 0. The lowest BCUT2D eigenvalue weighted by molar-refractivity contribution is -0.120. The molecule has 136 valence electrons. The molecular formula is C20H28N2O3. The Morgan fingerprint density at radius 2 is 2.20 bits per heavy atom. The van der Waals surface area contributed by atoms with Crippen LogP contribution in [0.1, 0.15) is 36.0 Å². The van der Waals surface area contributed by atoms with Crippen LogP contribution in [0, 0.1) is 13.8 Å². The minimum atomic E-state index is 0.0141. The second-order valence-electron chi connectivity index (χ2n) is 7.11. The number of rotatable bonds is 6. The molecule has 0 saturated carbocycles. The molecule has 0 unspecified atom stereocenters. The number of furan rings is 1. The van der Waals surface area contributed by atoms with Gasteiger partial charge < -0.3 is 14.8 Å². The highest BCUT2D eigenvalue weighted by molar-refractivity contribution is 5.90. The zero-order valence-electron chi connectivity index (χ0n) is 15.2. The zero-order valence-corrected chi connectivity index (χ0v) is 15.2. The third-order valence-corrected chi connectivity index (χ3v) is 5.12. The van der Waals surface area contributed by atoms with E-state index in [4.69, 9.17) is 4.42 Å². The first-order chi connectivity index (χ1) is 12.1. The second kappa shape index (κ2) is 8.02. The lowest BCUT2D eigenvalue weighted by Crippen LogP contribution is -2.45. The van der Waals surface area contributed by atoms with E-state index in [9.17, 15) is 9.90 Å². The number of nitrogens with zero attached hydrogens (tertiary/aromatic N) is 1. The molecule has 2 heterocycles. The number of carbonyl (C=O) groups excluding carboxylic acids is 1. The Bertz CT molecular complexity index is 738. The molecule has 5 heteroatoms. The molecule has 1 saturated heterocycles. The summed E-state index contributed by atoms with van der Waals surface area (Å²) < 4.78 is 5.62. The monoisotopic (exact) mass is 344 g/mol. The van der Waals surface area contributed by atoms with Crippen LogP contribution in [0.4, 0.5) is 0 Å². The highest BCUT2D eigenvalue weighted by Crippen LogP contribution is 2.26. The van der Waals surface area contributed by atoms with Gasteiger partial charge in [-0.3, -0.25) is 9.69 Å². The number of nitrogens with one attached hydrogen (secondary N) is 1. The standard InChI is InChI=1S/C20H28N2O3/c1-14-9-15(2)20-16(13-25-18(20)10-14)11-19(24)21-6-8-22-7-4-3-5-17(22)12-23/h9-10,13,17,23H,3-8,11-12H2,1-2H3,(H,21,24)/t17-/m1/s1. The van der Waals surface area contributed by atoms with Gasteiger partial charge in [0, 0.05) is 30.1 Å². The van der Waals surface area contributed by atoms with Crippen molar-refractivity contribution in [2.45, 2.75) is 45.6 Å². The van der Waals surface area contributed by atoms with Crippen molar-refractivity contribution in [2.75, 3.05) is 26.2 Å². The molecule has 0 bridgehead atoms. The Morgan fingerprint density at radius 3 is 3.00 bits per heavy atom. The second-order valence-corrected chi connectivity index (χ2v) is 7.11. The summed E-state index contributed by atoms with van der Waals surface area (Å²) in [5.41, 5.74) is 4.09. The minimum absolute atomic E-state index is 0.0141. The highest BCUT2D eigenvalue weighted by atomic mass is 16.3. The van der Waals surface area contributed by atoms with Gasteiger partial charge in [-0.25, -0.2) is 0 Å². The predicted octanol–water partition coefficient (Wildman–Crippen LogP) is 2.56. The van der Waals surface area contributed by atoms with Crippen LogP contribution in [0.3, 0.4) is 0 Å². The lowest BCUT2D eigenvalue weighted by atomic mass is 10.0. The Kier molecular flexibility index (Phi) is 5.76. The van der Waals surface area contributed by atoms with Gasteiger partial charge in [0.15, 0.2) is 0 Å². The van der Waals surface area contributed by atoms with E-state index >= 15 is 0 Å². The van der Waals surface area contributed by atoms with Crippen molar-refractivity contribution in [3.05, 3.63) is 35.1 Å². The maximum Gasteiger partial charge on any atom is 0.224 e. The van der Waals surface area contributed by atoms with Gasteiger partial charge in [0.2, 0.25) is 5.91 Å². The van der Waals surface area contributed by atoms with Crippen molar-refractivity contribution < 1.29 is 14.3 Å². The fraction of sp³-hybridized carbons (Fsp3) is 0.550. The third-order valence-electron chi connectivity index (χ3n) is 5.12. The summed E-state index contributed by atoms with van der Waals surface area (Å²) in [6, 6.07) is 4.37. The van der Waals surface area contributed by atoms with E-state index in [1.54, 1.807) is 6.26 Å². The number of amides is 1. The first kappa shape index (κ1) is 18.0. The Balaban J connectivity index is 1.55. The van der Waals surface area contributed by atoms with Crippen molar-refractivity contribution in [3.8, 4) is 0 Å². The van der Waals surface area contributed by atoms with Crippen LogP contribution in [0.2, 0.25) is 0 Å². The summed E-state index contributed by atoms with van der Waals surface area (Å²) in [5.74, 6) is 0.0141. The number of benzene rings is 1. The summed E-state index contributed by atoms with van der Waals surface area (Å²) >= 11 is 0. The number of carbonyl (C=O) groups is 1. The maximum absolute atomic E-state index is 12.3. The maximum atomic E-state index is 12.3. The molecule has 1 atom stereocenters. The molecule has 1 aromatic carbocycles. The van der Waals surface area contributed by atoms with Gasteiger partial charge in [-0.2, -0.15) is 0 Å². The van der Waals surface area contributed by atoms with Crippen molar-refractivity contribution in [2.24, 2.45) is 0 Å². The molecule has 0 spiro atoms. The van der Waals surface area contributed by atoms with Crippen LogP contribution in [-0.2, 0) is 11.2 Å². The number of hydrogen-bond acceptors (Lipinski definition) is 4. The SMILES string of the molecule is Cc1cc(C)c2c(CC(=O)NCCN3CCCC[C@@H]3CO)coc2c1. The lowest BCUT2D eigenvalue weighted by Gasteiger charge is -2.34. The van der Waals surface area contributed by atoms with Crippen LogP contribution >= 0.6 is 0 Å². The largest absolute Gasteiger partial charge is 0.464 e. The van der Waals surface area contributed by atoms with E-state index in [2.05, 4.69) is 23.2 Å². The van der Waals surface area contributed by atoms with Gasteiger partial charge in [-0.05, 0) is 50.4 Å². The van der Waals surface area contributed by atoms with Gasteiger partial charge in [0.25, 0.3) is 0 Å². The van der Waals surface area contributed by atoms with Crippen LogP contribution in [0.15, 0.2) is 22.8 Å². The third kappa shape index (κ3) is 4.22. The highest BCUT2D eigenvalue weighted by Gasteiger charge is 2.21. The number of piperidine rings is 1. The van der Waals surface area contributed by atoms with E-state index in [1.807, 2.05) is 13.0 Å². The molecule has 0 radical (unpaired) electrons. The number of likely N-dealkylation sites (tertiary alicyclic amines) is 1. The van der Waals surface area contributed by atoms with Crippen LogP contribution in [-0.4, -0.2) is 48.2 Å². The fourth-order valence-corrected chi connectivity index (χ4v) is 3.89. The minimum Gasteiger partial charge on any atom is -0.464 e. The average molecular weight is 344 g/mol. The van der Waals surface area contributed by atoms with E-state index in [0.717, 1.165) is 47.2 Å². The van der Waals surface area contributed by atoms with E-state index in [0.29, 0.717) is 13.0 Å². The normalized spacial score (nSPS) is 18.6. The van der Waals surface area contributed by atoms with Gasteiger partial charge in [0.05, 0.1) is 19.3 Å². The summed E-state index contributed by atoms with van der Waals surface area (Å²) in [5, 5.41) is 13.5. The van der Waals surface area contributed by atoms with Crippen molar-refractivity contribution in [1.82, 2.24) is 10.2 Å². The van der Waals surface area contributed by atoms with E-state index in [1.165, 1.54) is 12.8 Å². The summed E-state index contributed by atoms with van der Waals surface area (Å²) in [6.07, 6.45) is 5.43. The molecule has 25 heavy (non-hydrogen) atoms. The quantitative estimate of drug-likeness (QED) is 0.845. The van der Waals surface area contributed by atoms with Crippen LogP contribution < -0.4 is 5.32 Å². The topological polar surface area (TPSA) is 65.7 Å². The average Bonchev–Trinajstić information content (AvgIpc) is 2.98. The van der Waals surface area contributed by atoms with Crippen molar-refractivity contribution in [3.63, 3.8) is 0 Å². The number of hydrogen-bond donors (Lipinski definition) is 2. The number of aliphatic hydroxyl groups is 1. The van der Waals surface area contributed by atoms with Crippen molar-refractivity contribution >= 4 is 16.9 Å². The number of aryl methyl sites for hydroxylation is 2. The van der Waals surface area contributed by atoms with Gasteiger partial charge >= 0.3 is 0 Å². The van der Waals surface area contributed by atoms with Gasteiger partial charge in [-0.1, -0.05) is 12.5 Å². The molecular weight excluding hydrogens is 316 g/mol. The Hall–Kier alpha value is -1.85. The first-order valence-electron chi connectivity index (χ1n) is 9.17. The Morgan fingerprint density at radius 1 is 1.36 bits per heavy atom. The first-order valence-corrected chi connectivity index (χ1v) is 9.17. The smallest absolute Gasteiger partial charge is 0.224 e. The zero-order chi connectivity index (χ0) is 17.8. The van der Waals surface area contributed by atoms with Gasteiger partial charge in [-0.15, -0.1) is 0 Å². The van der Waals surface area contributed by atoms with E-state index in [-0.39, 0.29) is 18.6 Å². The number of fused-ring (bicyclic) bond motifs is 1. The molecule has 5 nitrogen and oxygen atoms in total. The molecule has 2 aromatic rings. The molecule has 1 aromatic heterocycles. The van der Waals surface area contributed by atoms with Gasteiger partial charge in [0.1, 0.15) is 5.58 Å². The Labute approximate surface area is 149 Å². The van der Waals surface area contributed by atoms with Crippen molar-refractivity contribution in [1.29, 1.82) is 0 Å². The van der Waals surface area contributed by atoms with E-state index < -0.39 is 0 Å². The molecule has 1 aliphatic rings. The fourth-order valence-electron chi connectivity index (χ4n) is 3.89. The molecule has 3 rings (SSSR count).